The van der Waals surface area contributed by atoms with E-state index >= 15 is 0 Å². The van der Waals surface area contributed by atoms with E-state index in [1.165, 1.54) is 5.01 Å². The number of nitro groups is 1. The van der Waals surface area contributed by atoms with E-state index in [-0.39, 0.29) is 12.4 Å². The van der Waals surface area contributed by atoms with Gasteiger partial charge >= 0.3 is 5.84 Å². The lowest BCUT2D eigenvalue weighted by Gasteiger charge is -2.28. The van der Waals surface area contributed by atoms with Crippen LogP contribution < -0.4 is 5.01 Å². The summed E-state index contributed by atoms with van der Waals surface area (Å²) in [6.45, 7) is 1.16. The van der Waals surface area contributed by atoms with Gasteiger partial charge in [-0.3, -0.25) is 4.90 Å². The average Bonchev–Trinajstić information content (AvgIpc) is 2.67. The topological polar surface area (TPSA) is 85.8 Å². The zero-order valence-corrected chi connectivity index (χ0v) is 14.6. The van der Waals surface area contributed by atoms with Gasteiger partial charge in [0.2, 0.25) is 0 Å². The second-order valence-corrected chi connectivity index (χ2v) is 6.31. The summed E-state index contributed by atoms with van der Waals surface area (Å²) in [7, 11) is 0. The van der Waals surface area contributed by atoms with Crippen LogP contribution in [0.25, 0.3) is 0 Å². The molecule has 0 saturated heterocycles. The summed E-state index contributed by atoms with van der Waals surface area (Å²) in [6, 6.07) is 16.6. The molecule has 8 heteroatoms. The summed E-state index contributed by atoms with van der Waals surface area (Å²) in [5.74, 6) is -0.139. The van der Waals surface area contributed by atoms with Crippen molar-refractivity contribution in [3.8, 4) is 6.07 Å². The fraction of sp³-hybridized carbons (Fsp3) is 0.222. The van der Waals surface area contributed by atoms with E-state index in [0.717, 1.165) is 12.0 Å². The average molecular weight is 370 g/mol. The highest BCUT2D eigenvalue weighted by Gasteiger charge is 2.30. The molecule has 0 aromatic heterocycles. The van der Waals surface area contributed by atoms with Crippen LogP contribution in [-0.2, 0) is 6.42 Å². The number of hydrogen-bond acceptors (Lipinski definition) is 6. The van der Waals surface area contributed by atoms with Gasteiger partial charge in [0.15, 0.2) is 0 Å². The molecule has 0 saturated carbocycles. The molecule has 7 nitrogen and oxygen atoms in total. The molecule has 2 aromatic carbocycles. The first-order chi connectivity index (χ1) is 12.6. The van der Waals surface area contributed by atoms with Gasteiger partial charge in [0.05, 0.1) is 10.7 Å². The molecule has 1 aliphatic heterocycles. The first-order valence-electron chi connectivity index (χ1n) is 8.02. The molecule has 0 spiro atoms. The van der Waals surface area contributed by atoms with Crippen LogP contribution >= 0.6 is 11.6 Å². The number of anilines is 1. The Morgan fingerprint density at radius 3 is 2.65 bits per heavy atom. The third kappa shape index (κ3) is 4.17. The maximum Gasteiger partial charge on any atom is 0.378 e. The van der Waals surface area contributed by atoms with E-state index in [1.54, 1.807) is 24.3 Å². The Hall–Kier alpha value is -2.95. The molecule has 1 aliphatic rings. The highest BCUT2D eigenvalue weighted by atomic mass is 35.5. The molecule has 132 valence electrons. The number of halogens is 1. The Morgan fingerprint density at radius 2 is 1.96 bits per heavy atom. The Bertz CT molecular complexity index is 876. The van der Waals surface area contributed by atoms with E-state index in [1.807, 2.05) is 29.2 Å². The minimum Gasteiger partial charge on any atom is -0.358 e. The van der Waals surface area contributed by atoms with Crippen LogP contribution in [0.5, 0.6) is 0 Å². The molecule has 2 aromatic rings. The maximum atomic E-state index is 11.3. The van der Waals surface area contributed by atoms with Gasteiger partial charge in [-0.2, -0.15) is 10.3 Å². The molecule has 1 heterocycles. The number of nitrogens with zero attached hydrogens (tertiary/aromatic N) is 5. The SMILES string of the molecule is N#Cc1ccccc1N1CN(CCc2ccc(Cl)cc2)CC([N+](=O)[O-])=N1. The zero-order chi connectivity index (χ0) is 18.5. The van der Waals surface area contributed by atoms with E-state index < -0.39 is 4.92 Å². The first kappa shape index (κ1) is 17.9. The van der Waals surface area contributed by atoms with Crippen LogP contribution in [0.3, 0.4) is 0 Å². The van der Waals surface area contributed by atoms with E-state index in [2.05, 4.69) is 11.2 Å². The largest absolute Gasteiger partial charge is 0.378 e. The highest BCUT2D eigenvalue weighted by molar-refractivity contribution is 6.30. The Morgan fingerprint density at radius 1 is 1.23 bits per heavy atom. The van der Waals surface area contributed by atoms with Crippen LogP contribution in [0.2, 0.25) is 5.02 Å². The van der Waals surface area contributed by atoms with Crippen LogP contribution in [0.4, 0.5) is 5.69 Å². The fourth-order valence-corrected chi connectivity index (χ4v) is 2.87. The third-order valence-corrected chi connectivity index (χ3v) is 4.33. The number of hydrogen-bond donors (Lipinski definition) is 0. The summed E-state index contributed by atoms with van der Waals surface area (Å²) >= 11 is 5.90. The molecular formula is C18H16ClN5O2. The van der Waals surface area contributed by atoms with Gasteiger partial charge in [-0.05, 0) is 41.2 Å². The Balaban J connectivity index is 1.78. The quantitative estimate of drug-likeness (QED) is 0.610. The van der Waals surface area contributed by atoms with Crippen molar-refractivity contribution in [1.29, 1.82) is 5.26 Å². The number of rotatable bonds is 4. The Kier molecular flexibility index (Phi) is 5.46. The first-order valence-corrected chi connectivity index (χ1v) is 8.40. The number of benzene rings is 2. The molecule has 3 rings (SSSR count). The summed E-state index contributed by atoms with van der Waals surface area (Å²) in [6.07, 6.45) is 0.732. The normalized spacial score (nSPS) is 14.6. The molecule has 0 bridgehead atoms. The summed E-state index contributed by atoms with van der Waals surface area (Å²) in [5.41, 5.74) is 2.09. The lowest BCUT2D eigenvalue weighted by Crippen LogP contribution is -2.47. The van der Waals surface area contributed by atoms with Crippen molar-refractivity contribution in [2.45, 2.75) is 6.42 Å². The lowest BCUT2D eigenvalue weighted by molar-refractivity contribution is -0.354. The second kappa shape index (κ2) is 7.95. The van der Waals surface area contributed by atoms with Crippen LogP contribution in [0.15, 0.2) is 53.6 Å². The van der Waals surface area contributed by atoms with Crippen molar-refractivity contribution in [3.05, 3.63) is 74.8 Å². The van der Waals surface area contributed by atoms with Crippen molar-refractivity contribution in [2.75, 3.05) is 24.8 Å². The van der Waals surface area contributed by atoms with Gasteiger partial charge in [-0.15, -0.1) is 0 Å². The standard InChI is InChI=1S/C18H16ClN5O2/c19-16-7-5-14(6-8-16)9-10-22-12-18(24(25)26)21-23(13-22)17-4-2-1-3-15(17)11-20/h1-8H,9-10,12-13H2. The number of para-hydroxylation sites is 1. The predicted octanol–water partition coefficient (Wildman–Crippen LogP) is 3.12. The number of nitriles is 1. The molecule has 0 N–H and O–H groups in total. The van der Waals surface area contributed by atoms with E-state index in [4.69, 9.17) is 11.6 Å². The molecule has 0 amide bonds. The van der Waals surface area contributed by atoms with Gasteiger partial charge in [-0.1, -0.05) is 35.9 Å². The smallest absolute Gasteiger partial charge is 0.358 e. The summed E-state index contributed by atoms with van der Waals surface area (Å²) in [4.78, 5) is 12.7. The van der Waals surface area contributed by atoms with Gasteiger partial charge < -0.3 is 10.1 Å². The fourth-order valence-electron chi connectivity index (χ4n) is 2.75. The molecule has 26 heavy (non-hydrogen) atoms. The lowest BCUT2D eigenvalue weighted by atomic mass is 10.1. The van der Waals surface area contributed by atoms with Crippen molar-refractivity contribution in [1.82, 2.24) is 4.90 Å². The minimum absolute atomic E-state index is 0.139. The molecular weight excluding hydrogens is 354 g/mol. The van der Waals surface area contributed by atoms with Crippen LogP contribution in [-0.4, -0.2) is 35.4 Å². The number of amidine groups is 1. The highest BCUT2D eigenvalue weighted by Crippen LogP contribution is 2.22. The van der Waals surface area contributed by atoms with Crippen molar-refractivity contribution in [3.63, 3.8) is 0 Å². The van der Waals surface area contributed by atoms with Crippen molar-refractivity contribution >= 4 is 23.1 Å². The predicted molar refractivity (Wildman–Crippen MR) is 99.7 cm³/mol. The minimum atomic E-state index is -0.476. The van der Waals surface area contributed by atoms with Gasteiger partial charge in [0, 0.05) is 11.6 Å². The third-order valence-electron chi connectivity index (χ3n) is 4.08. The summed E-state index contributed by atoms with van der Waals surface area (Å²) < 4.78 is 0. The molecule has 0 atom stereocenters. The molecule has 0 fully saturated rings. The summed E-state index contributed by atoms with van der Waals surface area (Å²) in [5, 5.41) is 26.9. The molecule has 0 unspecified atom stereocenters. The van der Waals surface area contributed by atoms with Crippen molar-refractivity contribution in [2.24, 2.45) is 5.10 Å². The van der Waals surface area contributed by atoms with Gasteiger partial charge in [0.1, 0.15) is 25.0 Å². The number of hydrazone groups is 1. The maximum absolute atomic E-state index is 11.3. The van der Waals surface area contributed by atoms with Gasteiger partial charge in [0.25, 0.3) is 0 Å². The zero-order valence-electron chi connectivity index (χ0n) is 13.9. The van der Waals surface area contributed by atoms with Gasteiger partial charge in [-0.25, -0.2) is 0 Å². The van der Waals surface area contributed by atoms with Crippen LogP contribution in [0.1, 0.15) is 11.1 Å². The van der Waals surface area contributed by atoms with Crippen LogP contribution in [0, 0.1) is 21.4 Å². The molecule has 0 aliphatic carbocycles. The van der Waals surface area contributed by atoms with E-state index in [9.17, 15) is 15.4 Å². The van der Waals surface area contributed by atoms with E-state index in [0.29, 0.717) is 29.5 Å². The second-order valence-electron chi connectivity index (χ2n) is 5.87. The van der Waals surface area contributed by atoms with Crippen molar-refractivity contribution < 1.29 is 4.92 Å². The Labute approximate surface area is 155 Å². The molecule has 0 radical (unpaired) electrons. The monoisotopic (exact) mass is 369 g/mol.